The number of carbonyl (C=O) groups is 1. The van der Waals surface area contributed by atoms with Gasteiger partial charge in [-0.25, -0.2) is 0 Å². The molecule has 0 aliphatic heterocycles. The molecule has 90 valence electrons. The summed E-state index contributed by atoms with van der Waals surface area (Å²) < 4.78 is 0. The van der Waals surface area contributed by atoms with Crippen LogP contribution in [0.5, 0.6) is 0 Å². The van der Waals surface area contributed by atoms with Crippen LogP contribution in [0.1, 0.15) is 37.5 Å². The van der Waals surface area contributed by atoms with Gasteiger partial charge in [-0.3, -0.25) is 4.79 Å². The van der Waals surface area contributed by atoms with Gasteiger partial charge in [0.15, 0.2) is 0 Å². The van der Waals surface area contributed by atoms with Crippen molar-refractivity contribution >= 4 is 17.2 Å². The lowest BCUT2D eigenvalue weighted by Crippen LogP contribution is -2.35. The minimum Gasteiger partial charge on any atom is -0.396 e. The van der Waals surface area contributed by atoms with E-state index in [1.807, 2.05) is 31.4 Å². The Labute approximate surface area is 100 Å². The van der Waals surface area contributed by atoms with E-state index >= 15 is 0 Å². The lowest BCUT2D eigenvalue weighted by Gasteiger charge is -2.16. The molecule has 0 saturated heterocycles. The van der Waals surface area contributed by atoms with Crippen molar-refractivity contribution in [1.82, 2.24) is 5.32 Å². The quantitative estimate of drug-likeness (QED) is 0.801. The van der Waals surface area contributed by atoms with Gasteiger partial charge in [-0.05, 0) is 38.1 Å². The van der Waals surface area contributed by atoms with Crippen LogP contribution in [0, 0.1) is 0 Å². The second kappa shape index (κ2) is 6.66. The maximum absolute atomic E-state index is 11.8. The van der Waals surface area contributed by atoms with Crippen LogP contribution in [0.4, 0.5) is 0 Å². The number of rotatable bonds is 6. The Kier molecular flexibility index (Phi) is 5.49. The molecule has 0 spiro atoms. The molecular weight excluding hydrogens is 222 g/mol. The zero-order valence-electron chi connectivity index (χ0n) is 9.77. The number of aliphatic hydroxyl groups is 1. The Morgan fingerprint density at radius 2 is 2.31 bits per heavy atom. The number of hydrogen-bond donors (Lipinski definition) is 2. The molecule has 1 aromatic rings. The molecule has 1 aromatic heterocycles. The Morgan fingerprint density at radius 1 is 1.56 bits per heavy atom. The van der Waals surface area contributed by atoms with Crippen LogP contribution < -0.4 is 5.32 Å². The third kappa shape index (κ3) is 3.94. The highest BCUT2D eigenvalue weighted by molar-refractivity contribution is 7.10. The van der Waals surface area contributed by atoms with Crippen molar-refractivity contribution in [3.63, 3.8) is 0 Å². The molecule has 0 bridgehead atoms. The van der Waals surface area contributed by atoms with Crippen molar-refractivity contribution in [2.24, 2.45) is 0 Å². The van der Waals surface area contributed by atoms with E-state index < -0.39 is 0 Å². The van der Waals surface area contributed by atoms with Crippen LogP contribution in [0.3, 0.4) is 0 Å². The van der Waals surface area contributed by atoms with E-state index in [0.29, 0.717) is 0 Å². The number of thiophene rings is 1. The van der Waals surface area contributed by atoms with Gasteiger partial charge in [0.25, 0.3) is 0 Å². The Balaban J connectivity index is 2.40. The fraction of sp³-hybridized carbons (Fsp3) is 0.583. The van der Waals surface area contributed by atoms with Crippen molar-refractivity contribution in [2.45, 2.75) is 38.6 Å². The molecule has 2 atom stereocenters. The number of hydrogen-bond acceptors (Lipinski definition) is 3. The standard InChI is InChI=1S/C12H19NO2S/c1-9(5-3-7-14)13-12(15)10(2)11-6-4-8-16-11/h4,6,8-10,14H,3,5,7H2,1-2H3,(H,13,15). The molecule has 4 heteroatoms. The summed E-state index contributed by atoms with van der Waals surface area (Å²) in [6.45, 7) is 4.06. The third-order valence-corrected chi connectivity index (χ3v) is 3.60. The molecule has 1 heterocycles. The average molecular weight is 241 g/mol. The summed E-state index contributed by atoms with van der Waals surface area (Å²) in [5, 5.41) is 13.6. The molecule has 0 fully saturated rings. The second-order valence-electron chi connectivity index (χ2n) is 4.01. The lowest BCUT2D eigenvalue weighted by atomic mass is 10.1. The van der Waals surface area contributed by atoms with E-state index in [0.717, 1.165) is 17.7 Å². The summed E-state index contributed by atoms with van der Waals surface area (Å²) in [4.78, 5) is 12.9. The maximum atomic E-state index is 11.8. The van der Waals surface area contributed by atoms with E-state index in [1.165, 1.54) is 0 Å². The first-order valence-electron chi connectivity index (χ1n) is 5.59. The molecule has 2 unspecified atom stereocenters. The number of aliphatic hydroxyl groups excluding tert-OH is 1. The molecule has 16 heavy (non-hydrogen) atoms. The molecule has 1 rings (SSSR count). The fourth-order valence-electron chi connectivity index (χ4n) is 1.50. The van der Waals surface area contributed by atoms with Crippen molar-refractivity contribution < 1.29 is 9.90 Å². The highest BCUT2D eigenvalue weighted by Crippen LogP contribution is 2.20. The normalized spacial score (nSPS) is 14.4. The summed E-state index contributed by atoms with van der Waals surface area (Å²) in [5.74, 6) is -0.0236. The van der Waals surface area contributed by atoms with E-state index in [-0.39, 0.29) is 24.5 Å². The van der Waals surface area contributed by atoms with Gasteiger partial charge in [-0.2, -0.15) is 0 Å². The van der Waals surface area contributed by atoms with Crippen molar-refractivity contribution in [3.8, 4) is 0 Å². The Morgan fingerprint density at radius 3 is 2.88 bits per heavy atom. The largest absolute Gasteiger partial charge is 0.396 e. The number of nitrogens with one attached hydrogen (secondary N) is 1. The number of carbonyl (C=O) groups excluding carboxylic acids is 1. The van der Waals surface area contributed by atoms with Crippen LogP contribution in [0.15, 0.2) is 17.5 Å². The van der Waals surface area contributed by atoms with Crippen LogP contribution in [0.25, 0.3) is 0 Å². The molecule has 0 aliphatic carbocycles. The van der Waals surface area contributed by atoms with Gasteiger partial charge >= 0.3 is 0 Å². The molecule has 0 aliphatic rings. The lowest BCUT2D eigenvalue weighted by molar-refractivity contribution is -0.122. The first-order chi connectivity index (χ1) is 7.65. The molecule has 1 amide bonds. The van der Waals surface area contributed by atoms with E-state index in [1.54, 1.807) is 11.3 Å². The van der Waals surface area contributed by atoms with Gasteiger partial charge < -0.3 is 10.4 Å². The first-order valence-corrected chi connectivity index (χ1v) is 6.47. The van der Waals surface area contributed by atoms with Crippen molar-refractivity contribution in [2.75, 3.05) is 6.61 Å². The zero-order valence-corrected chi connectivity index (χ0v) is 10.6. The van der Waals surface area contributed by atoms with E-state index in [2.05, 4.69) is 5.32 Å². The van der Waals surface area contributed by atoms with Gasteiger partial charge in [-0.15, -0.1) is 11.3 Å². The second-order valence-corrected chi connectivity index (χ2v) is 4.99. The molecule has 0 radical (unpaired) electrons. The van der Waals surface area contributed by atoms with Crippen molar-refractivity contribution in [3.05, 3.63) is 22.4 Å². The van der Waals surface area contributed by atoms with E-state index in [4.69, 9.17) is 5.11 Å². The summed E-state index contributed by atoms with van der Waals surface area (Å²) in [6, 6.07) is 4.06. The summed E-state index contributed by atoms with van der Waals surface area (Å²) in [7, 11) is 0. The molecular formula is C12H19NO2S. The fourth-order valence-corrected chi connectivity index (χ4v) is 2.29. The van der Waals surface area contributed by atoms with Crippen LogP contribution in [-0.4, -0.2) is 23.7 Å². The highest BCUT2D eigenvalue weighted by atomic mass is 32.1. The van der Waals surface area contributed by atoms with Gasteiger partial charge in [0.05, 0.1) is 5.92 Å². The number of amides is 1. The SMILES string of the molecule is CC(CCCO)NC(=O)C(C)c1cccs1. The van der Waals surface area contributed by atoms with Gasteiger partial charge in [0, 0.05) is 17.5 Å². The Bertz CT molecular complexity index is 311. The summed E-state index contributed by atoms with van der Waals surface area (Å²) in [6.07, 6.45) is 1.55. The maximum Gasteiger partial charge on any atom is 0.228 e. The summed E-state index contributed by atoms with van der Waals surface area (Å²) in [5.41, 5.74) is 0. The highest BCUT2D eigenvalue weighted by Gasteiger charge is 2.17. The minimum atomic E-state index is -0.0865. The monoisotopic (exact) mass is 241 g/mol. The predicted octanol–water partition coefficient (Wildman–Crippen LogP) is 2.13. The van der Waals surface area contributed by atoms with Gasteiger partial charge in [-0.1, -0.05) is 6.07 Å². The summed E-state index contributed by atoms with van der Waals surface area (Å²) >= 11 is 1.60. The van der Waals surface area contributed by atoms with Gasteiger partial charge in [0.1, 0.15) is 0 Å². The third-order valence-electron chi connectivity index (χ3n) is 2.55. The van der Waals surface area contributed by atoms with Gasteiger partial charge in [0.2, 0.25) is 5.91 Å². The van der Waals surface area contributed by atoms with Crippen LogP contribution in [0.2, 0.25) is 0 Å². The van der Waals surface area contributed by atoms with Crippen molar-refractivity contribution in [1.29, 1.82) is 0 Å². The molecule has 0 saturated carbocycles. The predicted molar refractivity (Wildman–Crippen MR) is 66.7 cm³/mol. The van der Waals surface area contributed by atoms with E-state index in [9.17, 15) is 4.79 Å². The first kappa shape index (κ1) is 13.2. The molecule has 3 nitrogen and oxygen atoms in total. The topological polar surface area (TPSA) is 49.3 Å². The van der Waals surface area contributed by atoms with Crippen LogP contribution >= 0.6 is 11.3 Å². The molecule has 0 aromatic carbocycles. The van der Waals surface area contributed by atoms with Crippen LogP contribution in [-0.2, 0) is 4.79 Å². The smallest absolute Gasteiger partial charge is 0.228 e. The average Bonchev–Trinajstić information content (AvgIpc) is 2.78. The molecule has 2 N–H and O–H groups in total. The zero-order chi connectivity index (χ0) is 12.0. The Hall–Kier alpha value is -0.870. The minimum absolute atomic E-state index is 0.0629.